The fourth-order valence-corrected chi connectivity index (χ4v) is 3.29. The highest BCUT2D eigenvalue weighted by molar-refractivity contribution is 5.86. The van der Waals surface area contributed by atoms with Crippen molar-refractivity contribution in [2.45, 2.75) is 79.8 Å². The van der Waals surface area contributed by atoms with E-state index in [2.05, 4.69) is 45.9 Å². The minimum atomic E-state index is -0.560. The maximum absolute atomic E-state index is 12.9. The van der Waals surface area contributed by atoms with Gasteiger partial charge in [-0.25, -0.2) is 4.79 Å². The molecule has 0 spiro atoms. The summed E-state index contributed by atoms with van der Waals surface area (Å²) >= 11 is 0. The van der Waals surface area contributed by atoms with E-state index < -0.39 is 5.63 Å². The summed E-state index contributed by atoms with van der Waals surface area (Å²) in [6.07, 6.45) is 12.0. The molecule has 186 valence electrons. The molecule has 0 radical (unpaired) electrons. The van der Waals surface area contributed by atoms with Gasteiger partial charge in [-0.2, -0.15) is 0 Å². The van der Waals surface area contributed by atoms with Gasteiger partial charge in [0.2, 0.25) is 5.75 Å². The van der Waals surface area contributed by atoms with Crippen molar-refractivity contribution in [1.82, 2.24) is 0 Å². The second kappa shape index (κ2) is 13.1. The molecule has 0 amide bonds. The van der Waals surface area contributed by atoms with Crippen LogP contribution in [-0.2, 0) is 0 Å². The second-order valence-electron chi connectivity index (χ2n) is 9.62. The highest BCUT2D eigenvalue weighted by atomic mass is 16.5. The number of hydrogen-bond donors (Lipinski definition) is 0. The Morgan fingerprint density at radius 3 is 2.44 bits per heavy atom. The van der Waals surface area contributed by atoms with Gasteiger partial charge in [0.15, 0.2) is 5.75 Å². The molecule has 0 unspecified atom stereocenters. The molecule has 0 fully saturated rings. The van der Waals surface area contributed by atoms with E-state index in [0.29, 0.717) is 29.1 Å². The molecule has 1 heterocycles. The lowest BCUT2D eigenvalue weighted by atomic mass is 10.1. The first-order chi connectivity index (χ1) is 16.1. The quantitative estimate of drug-likeness (QED) is 0.181. The molecule has 0 saturated heterocycles. The fourth-order valence-electron chi connectivity index (χ4n) is 3.29. The third-order valence-electron chi connectivity index (χ3n) is 4.90. The zero-order chi connectivity index (χ0) is 25.1. The van der Waals surface area contributed by atoms with Crippen LogP contribution >= 0.6 is 0 Å². The number of allylic oxidation sites excluding steroid dienone is 4. The third-order valence-corrected chi connectivity index (χ3v) is 4.90. The number of ether oxygens (including phenoxy) is 3. The van der Waals surface area contributed by atoms with Crippen LogP contribution in [0.2, 0.25) is 0 Å². The standard InChI is InChI=1S/C29H40O5/c1-8-9-10-11-18-31-26-24-16-15-23(34-29(5,6)7)20-25(24)33-28(30)27(26)32-19-17-22(4)14-12-13-21(2)3/h9-10,13,15-17,20H,8,11-12,14,18-19H2,1-7H3/b10-9?,22-17+. The Kier molecular flexibility index (Phi) is 10.5. The zero-order valence-electron chi connectivity index (χ0n) is 21.8. The molecule has 0 N–H and O–H groups in total. The highest BCUT2D eigenvalue weighted by Crippen LogP contribution is 2.35. The maximum atomic E-state index is 12.9. The van der Waals surface area contributed by atoms with Crippen molar-refractivity contribution >= 4 is 11.0 Å². The van der Waals surface area contributed by atoms with E-state index in [1.807, 2.05) is 39.0 Å². The molecule has 34 heavy (non-hydrogen) atoms. The topological polar surface area (TPSA) is 57.9 Å². The van der Waals surface area contributed by atoms with Gasteiger partial charge in [0.25, 0.3) is 0 Å². The Balaban J connectivity index is 2.31. The van der Waals surface area contributed by atoms with Crippen molar-refractivity contribution in [1.29, 1.82) is 0 Å². The number of fused-ring (bicyclic) bond motifs is 1. The van der Waals surface area contributed by atoms with E-state index in [0.717, 1.165) is 25.7 Å². The van der Waals surface area contributed by atoms with Crippen LogP contribution in [0.1, 0.15) is 74.1 Å². The minimum absolute atomic E-state index is 0.102. The van der Waals surface area contributed by atoms with E-state index in [-0.39, 0.29) is 18.0 Å². The van der Waals surface area contributed by atoms with Crippen LogP contribution in [-0.4, -0.2) is 18.8 Å². The summed E-state index contributed by atoms with van der Waals surface area (Å²) in [4.78, 5) is 12.9. The molecular weight excluding hydrogens is 428 g/mol. The van der Waals surface area contributed by atoms with Crippen LogP contribution in [0.4, 0.5) is 0 Å². The Morgan fingerprint density at radius 1 is 1.00 bits per heavy atom. The molecule has 1 aromatic heterocycles. The molecule has 5 heteroatoms. The van der Waals surface area contributed by atoms with Gasteiger partial charge in [0.1, 0.15) is 23.5 Å². The molecule has 0 aliphatic rings. The Labute approximate surface area is 204 Å². The lowest BCUT2D eigenvalue weighted by molar-refractivity contribution is 0.131. The van der Waals surface area contributed by atoms with Crippen LogP contribution in [0.5, 0.6) is 17.2 Å². The maximum Gasteiger partial charge on any atom is 0.383 e. The predicted octanol–water partition coefficient (Wildman–Crippen LogP) is 7.78. The van der Waals surface area contributed by atoms with Crippen molar-refractivity contribution in [2.75, 3.05) is 13.2 Å². The van der Waals surface area contributed by atoms with Gasteiger partial charge in [-0.15, -0.1) is 0 Å². The van der Waals surface area contributed by atoms with E-state index in [4.69, 9.17) is 18.6 Å². The third kappa shape index (κ3) is 9.12. The summed E-state index contributed by atoms with van der Waals surface area (Å²) < 4.78 is 23.5. The molecule has 2 rings (SSSR count). The number of hydrogen-bond acceptors (Lipinski definition) is 5. The Hall–Kier alpha value is -2.95. The lowest BCUT2D eigenvalue weighted by Gasteiger charge is -2.21. The van der Waals surface area contributed by atoms with Crippen molar-refractivity contribution in [3.8, 4) is 17.2 Å². The van der Waals surface area contributed by atoms with Crippen LogP contribution in [0, 0.1) is 0 Å². The lowest BCUT2D eigenvalue weighted by Crippen LogP contribution is -2.22. The molecule has 0 saturated carbocycles. The molecule has 2 aromatic rings. The summed E-state index contributed by atoms with van der Waals surface area (Å²) in [5, 5.41) is 0.680. The first kappa shape index (κ1) is 27.3. The van der Waals surface area contributed by atoms with E-state index >= 15 is 0 Å². The van der Waals surface area contributed by atoms with Crippen LogP contribution in [0.3, 0.4) is 0 Å². The van der Waals surface area contributed by atoms with E-state index in [9.17, 15) is 4.79 Å². The van der Waals surface area contributed by atoms with Gasteiger partial charge in [-0.3, -0.25) is 0 Å². The SMILES string of the molecule is CCC=CCCOc1c(OC/C=C(\C)CCC=C(C)C)c(=O)oc2cc(OC(C)(C)C)ccc12. The first-order valence-corrected chi connectivity index (χ1v) is 12.1. The number of rotatable bonds is 12. The molecular formula is C29H40O5. The summed E-state index contributed by atoms with van der Waals surface area (Å²) in [5.41, 5.74) is 2.00. The van der Waals surface area contributed by atoms with E-state index in [1.165, 1.54) is 11.1 Å². The summed E-state index contributed by atoms with van der Waals surface area (Å²) in [5.74, 6) is 1.14. The van der Waals surface area contributed by atoms with Crippen molar-refractivity contribution in [3.63, 3.8) is 0 Å². The average Bonchev–Trinajstić information content (AvgIpc) is 2.73. The van der Waals surface area contributed by atoms with Crippen LogP contribution in [0.15, 0.2) is 62.9 Å². The normalized spacial score (nSPS) is 12.3. The van der Waals surface area contributed by atoms with Crippen molar-refractivity contribution < 1.29 is 18.6 Å². The molecule has 0 atom stereocenters. The molecule has 0 bridgehead atoms. The molecule has 5 nitrogen and oxygen atoms in total. The first-order valence-electron chi connectivity index (χ1n) is 12.1. The van der Waals surface area contributed by atoms with Gasteiger partial charge in [0.05, 0.1) is 12.0 Å². The van der Waals surface area contributed by atoms with Gasteiger partial charge < -0.3 is 18.6 Å². The van der Waals surface area contributed by atoms with Gasteiger partial charge in [0, 0.05) is 6.07 Å². The Bertz CT molecular complexity index is 1080. The smallest absolute Gasteiger partial charge is 0.383 e. The summed E-state index contributed by atoms with van der Waals surface area (Å²) in [6.45, 7) is 15.0. The summed E-state index contributed by atoms with van der Waals surface area (Å²) in [6, 6.07) is 5.43. The minimum Gasteiger partial charge on any atom is -0.488 e. The van der Waals surface area contributed by atoms with Gasteiger partial charge in [-0.05, 0) is 85.4 Å². The van der Waals surface area contributed by atoms with Crippen molar-refractivity contribution in [2.24, 2.45) is 0 Å². The van der Waals surface area contributed by atoms with E-state index in [1.54, 1.807) is 6.07 Å². The molecule has 1 aromatic carbocycles. The van der Waals surface area contributed by atoms with Crippen LogP contribution in [0.25, 0.3) is 11.0 Å². The second-order valence-corrected chi connectivity index (χ2v) is 9.62. The summed E-state index contributed by atoms with van der Waals surface area (Å²) in [7, 11) is 0. The largest absolute Gasteiger partial charge is 0.488 e. The van der Waals surface area contributed by atoms with Crippen LogP contribution < -0.4 is 19.8 Å². The van der Waals surface area contributed by atoms with Gasteiger partial charge >= 0.3 is 5.63 Å². The zero-order valence-corrected chi connectivity index (χ0v) is 21.8. The number of benzene rings is 1. The van der Waals surface area contributed by atoms with Crippen molar-refractivity contribution in [3.05, 3.63) is 64.1 Å². The predicted molar refractivity (Wildman–Crippen MR) is 140 cm³/mol. The Morgan fingerprint density at radius 2 is 1.76 bits per heavy atom. The fraction of sp³-hybridized carbons (Fsp3) is 0.483. The van der Waals surface area contributed by atoms with Gasteiger partial charge in [-0.1, -0.05) is 36.3 Å². The highest BCUT2D eigenvalue weighted by Gasteiger charge is 2.19. The molecule has 0 aliphatic heterocycles. The molecule has 0 aliphatic carbocycles. The average molecular weight is 469 g/mol. The monoisotopic (exact) mass is 468 g/mol.